The number of aryl methyl sites for hydroxylation is 1. The fourth-order valence-corrected chi connectivity index (χ4v) is 2.21. The fraction of sp³-hybridized carbons (Fsp3) is 0.143. The number of hydrogen-bond donors (Lipinski definition) is 1. The van der Waals surface area contributed by atoms with Crippen molar-refractivity contribution in [3.8, 4) is 5.75 Å². The Kier molecular flexibility index (Phi) is 4.88. The number of ether oxygens (including phenoxy) is 1. The summed E-state index contributed by atoms with van der Waals surface area (Å²) in [6.07, 6.45) is 2.35. The van der Waals surface area contributed by atoms with E-state index in [1.807, 2.05) is 0 Å². The van der Waals surface area contributed by atoms with Crippen LogP contribution in [0, 0.1) is 6.92 Å². The molecular formula is C14H11Cl2NO4. The maximum absolute atomic E-state index is 10.6. The Labute approximate surface area is 130 Å². The third kappa shape index (κ3) is 4.24. The average molecular weight is 328 g/mol. The van der Waals surface area contributed by atoms with E-state index in [0.29, 0.717) is 27.8 Å². The van der Waals surface area contributed by atoms with Gasteiger partial charge in [0, 0.05) is 22.7 Å². The molecule has 0 unspecified atom stereocenters. The van der Waals surface area contributed by atoms with Gasteiger partial charge in [0.25, 0.3) is 0 Å². The first-order chi connectivity index (χ1) is 9.95. The number of carboxylic acid groups (broad SMARTS) is 1. The van der Waals surface area contributed by atoms with Gasteiger partial charge in [0.15, 0.2) is 0 Å². The molecule has 0 atom stereocenters. The first-order valence-electron chi connectivity index (χ1n) is 5.91. The third-order valence-corrected chi connectivity index (χ3v) is 2.98. The van der Waals surface area contributed by atoms with Gasteiger partial charge in [0.1, 0.15) is 23.8 Å². The van der Waals surface area contributed by atoms with Gasteiger partial charge < -0.3 is 14.4 Å². The smallest absolute Gasteiger partial charge is 0.328 e. The number of benzene rings is 1. The predicted molar refractivity (Wildman–Crippen MR) is 78.7 cm³/mol. The maximum Gasteiger partial charge on any atom is 0.328 e. The van der Waals surface area contributed by atoms with Crippen molar-refractivity contribution < 1.29 is 19.2 Å². The Hall–Kier alpha value is -1.98. The van der Waals surface area contributed by atoms with Crippen LogP contribution < -0.4 is 4.74 Å². The lowest BCUT2D eigenvalue weighted by Crippen LogP contribution is -1.98. The van der Waals surface area contributed by atoms with Crippen LogP contribution >= 0.6 is 23.2 Å². The molecule has 110 valence electrons. The van der Waals surface area contributed by atoms with Gasteiger partial charge in [0.2, 0.25) is 0 Å². The van der Waals surface area contributed by atoms with E-state index < -0.39 is 5.97 Å². The topological polar surface area (TPSA) is 72.6 Å². The van der Waals surface area contributed by atoms with Crippen LogP contribution in [0.1, 0.15) is 17.0 Å². The van der Waals surface area contributed by atoms with E-state index in [4.69, 9.17) is 37.6 Å². The van der Waals surface area contributed by atoms with Crippen molar-refractivity contribution in [2.24, 2.45) is 0 Å². The molecule has 0 amide bonds. The number of aliphatic carboxylic acids is 1. The average Bonchev–Trinajstić information content (AvgIpc) is 2.80. The second kappa shape index (κ2) is 6.65. The minimum absolute atomic E-state index is 0.145. The van der Waals surface area contributed by atoms with E-state index in [9.17, 15) is 4.79 Å². The Morgan fingerprint density at radius 3 is 2.81 bits per heavy atom. The quantitative estimate of drug-likeness (QED) is 0.841. The summed E-state index contributed by atoms with van der Waals surface area (Å²) < 4.78 is 10.5. The van der Waals surface area contributed by atoms with Crippen LogP contribution in [-0.4, -0.2) is 16.2 Å². The van der Waals surface area contributed by atoms with E-state index in [1.165, 1.54) is 12.1 Å². The number of rotatable bonds is 5. The highest BCUT2D eigenvalue weighted by Gasteiger charge is 2.11. The standard InChI is InChI=1S/C14H11Cl2NO4/c1-8-4-11(17-21-8)7-20-14-9(2-3-13(18)19)5-10(15)6-12(14)16/h2-6H,7H2,1H3,(H,18,19)/b3-2+. The van der Waals surface area contributed by atoms with E-state index in [1.54, 1.807) is 19.1 Å². The minimum atomic E-state index is -1.08. The molecule has 1 aromatic carbocycles. The van der Waals surface area contributed by atoms with Crippen LogP contribution in [-0.2, 0) is 11.4 Å². The molecule has 0 aliphatic rings. The lowest BCUT2D eigenvalue weighted by molar-refractivity contribution is -0.131. The van der Waals surface area contributed by atoms with Gasteiger partial charge >= 0.3 is 5.97 Å². The minimum Gasteiger partial charge on any atom is -0.485 e. The van der Waals surface area contributed by atoms with Crippen LogP contribution in [0.25, 0.3) is 6.08 Å². The van der Waals surface area contributed by atoms with Crippen molar-refractivity contribution in [2.45, 2.75) is 13.5 Å². The van der Waals surface area contributed by atoms with Crippen LogP contribution in [0.5, 0.6) is 5.75 Å². The molecule has 21 heavy (non-hydrogen) atoms. The molecule has 5 nitrogen and oxygen atoms in total. The molecule has 0 bridgehead atoms. The Morgan fingerprint density at radius 1 is 1.43 bits per heavy atom. The Bertz CT molecular complexity index is 694. The summed E-state index contributed by atoms with van der Waals surface area (Å²) in [5.74, 6) is -0.0785. The first kappa shape index (κ1) is 15.4. The van der Waals surface area contributed by atoms with E-state index in [2.05, 4.69) is 5.16 Å². The molecule has 0 aliphatic carbocycles. The van der Waals surface area contributed by atoms with E-state index >= 15 is 0 Å². The zero-order valence-corrected chi connectivity index (χ0v) is 12.5. The maximum atomic E-state index is 10.6. The molecule has 7 heteroatoms. The van der Waals surface area contributed by atoms with Crippen molar-refractivity contribution >= 4 is 35.2 Å². The van der Waals surface area contributed by atoms with E-state index in [0.717, 1.165) is 6.08 Å². The van der Waals surface area contributed by atoms with Crippen LogP contribution in [0.3, 0.4) is 0 Å². The van der Waals surface area contributed by atoms with Crippen LogP contribution in [0.15, 0.2) is 28.8 Å². The highest BCUT2D eigenvalue weighted by molar-refractivity contribution is 6.35. The zero-order valence-electron chi connectivity index (χ0n) is 11.0. The second-order valence-corrected chi connectivity index (χ2v) is 5.04. The summed E-state index contributed by atoms with van der Waals surface area (Å²) in [6.45, 7) is 1.92. The molecule has 0 fully saturated rings. The third-order valence-electron chi connectivity index (χ3n) is 2.48. The van der Waals surface area contributed by atoms with Crippen molar-refractivity contribution in [3.63, 3.8) is 0 Å². The molecular weight excluding hydrogens is 317 g/mol. The highest BCUT2D eigenvalue weighted by atomic mass is 35.5. The molecule has 1 N–H and O–H groups in total. The lowest BCUT2D eigenvalue weighted by atomic mass is 10.2. The van der Waals surface area contributed by atoms with Crippen molar-refractivity contribution in [2.75, 3.05) is 0 Å². The summed E-state index contributed by atoms with van der Waals surface area (Å²) >= 11 is 12.0. The molecule has 0 saturated heterocycles. The summed E-state index contributed by atoms with van der Waals surface area (Å²) in [6, 6.07) is 4.82. The van der Waals surface area contributed by atoms with Crippen LogP contribution in [0.2, 0.25) is 10.0 Å². The predicted octanol–water partition coefficient (Wildman–Crippen LogP) is 3.97. The summed E-state index contributed by atoms with van der Waals surface area (Å²) in [4.78, 5) is 10.6. The molecule has 0 radical (unpaired) electrons. The summed E-state index contributed by atoms with van der Waals surface area (Å²) in [7, 11) is 0. The molecule has 0 spiro atoms. The van der Waals surface area contributed by atoms with Gasteiger partial charge in [-0.15, -0.1) is 0 Å². The van der Waals surface area contributed by atoms with Gasteiger partial charge in [-0.2, -0.15) is 0 Å². The van der Waals surface area contributed by atoms with Crippen molar-refractivity contribution in [1.29, 1.82) is 0 Å². The monoisotopic (exact) mass is 327 g/mol. The largest absolute Gasteiger partial charge is 0.485 e. The van der Waals surface area contributed by atoms with Crippen molar-refractivity contribution in [3.05, 3.63) is 51.3 Å². The number of carbonyl (C=O) groups is 1. The van der Waals surface area contributed by atoms with Crippen molar-refractivity contribution in [1.82, 2.24) is 5.16 Å². The van der Waals surface area contributed by atoms with Gasteiger partial charge in [-0.3, -0.25) is 0 Å². The number of halogens is 2. The first-order valence-corrected chi connectivity index (χ1v) is 6.66. The number of hydrogen-bond acceptors (Lipinski definition) is 4. The Morgan fingerprint density at radius 2 is 2.19 bits per heavy atom. The van der Waals surface area contributed by atoms with Gasteiger partial charge in [0.05, 0.1) is 5.02 Å². The molecule has 0 saturated carbocycles. The fourth-order valence-electron chi connectivity index (χ4n) is 1.65. The Balaban J connectivity index is 2.26. The molecule has 1 aromatic heterocycles. The number of nitrogens with zero attached hydrogens (tertiary/aromatic N) is 1. The molecule has 2 aromatic rings. The zero-order chi connectivity index (χ0) is 15.4. The number of aromatic nitrogens is 1. The molecule has 1 heterocycles. The van der Waals surface area contributed by atoms with Crippen LogP contribution in [0.4, 0.5) is 0 Å². The SMILES string of the molecule is Cc1cc(COc2c(Cl)cc(Cl)cc2/C=C/C(=O)O)no1. The summed E-state index contributed by atoms with van der Waals surface area (Å²) in [5.41, 5.74) is 1.07. The van der Waals surface area contributed by atoms with Gasteiger partial charge in [-0.1, -0.05) is 28.4 Å². The number of carboxylic acids is 1. The molecule has 0 aliphatic heterocycles. The second-order valence-electron chi connectivity index (χ2n) is 4.20. The normalized spacial score (nSPS) is 11.0. The highest BCUT2D eigenvalue weighted by Crippen LogP contribution is 2.33. The van der Waals surface area contributed by atoms with E-state index in [-0.39, 0.29) is 11.6 Å². The van der Waals surface area contributed by atoms with Gasteiger partial charge in [-0.25, -0.2) is 4.79 Å². The molecule has 2 rings (SSSR count). The lowest BCUT2D eigenvalue weighted by Gasteiger charge is -2.10. The van der Waals surface area contributed by atoms with Gasteiger partial charge in [-0.05, 0) is 25.1 Å². The summed E-state index contributed by atoms with van der Waals surface area (Å²) in [5, 5.41) is 13.2.